The van der Waals surface area contributed by atoms with Gasteiger partial charge in [0.1, 0.15) is 0 Å². The van der Waals surface area contributed by atoms with Gasteiger partial charge in [0.05, 0.1) is 17.1 Å². The van der Waals surface area contributed by atoms with Crippen LogP contribution in [0.1, 0.15) is 68.7 Å². The van der Waals surface area contributed by atoms with Crippen LogP contribution in [0.5, 0.6) is 0 Å². The molecule has 0 N–H and O–H groups in total. The molecule has 25 heavy (non-hydrogen) atoms. The Morgan fingerprint density at radius 3 is 1.76 bits per heavy atom. The first-order chi connectivity index (χ1) is 11.8. The topological polar surface area (TPSA) is 24.7 Å². The molecule has 0 saturated heterocycles. The van der Waals surface area contributed by atoms with Crippen molar-refractivity contribution in [2.24, 2.45) is 9.98 Å². The fourth-order valence-electron chi connectivity index (χ4n) is 3.01. The Bertz CT molecular complexity index is 749. The van der Waals surface area contributed by atoms with Gasteiger partial charge in [-0.15, -0.1) is 0 Å². The molecule has 0 heterocycles. The lowest BCUT2D eigenvalue weighted by Gasteiger charge is -2.16. The number of rotatable bonds is 5. The molecule has 0 bridgehead atoms. The van der Waals surface area contributed by atoms with Gasteiger partial charge in [-0.25, -0.2) is 0 Å². The molecule has 2 heteroatoms. The van der Waals surface area contributed by atoms with Crippen LogP contribution in [0.15, 0.2) is 46.4 Å². The summed E-state index contributed by atoms with van der Waals surface area (Å²) in [5.41, 5.74) is 8.04. The summed E-state index contributed by atoms with van der Waals surface area (Å²) in [6.45, 7) is 15.1. The van der Waals surface area contributed by atoms with E-state index < -0.39 is 0 Å². The van der Waals surface area contributed by atoms with Gasteiger partial charge in [0.2, 0.25) is 0 Å². The summed E-state index contributed by atoms with van der Waals surface area (Å²) in [5.74, 6) is 0.892. The highest BCUT2D eigenvalue weighted by molar-refractivity contribution is 6.30. The third-order valence-electron chi connectivity index (χ3n) is 4.45. The quantitative estimate of drug-likeness (QED) is 0.524. The lowest BCUT2D eigenvalue weighted by molar-refractivity contribution is 0.835. The van der Waals surface area contributed by atoms with Crippen molar-refractivity contribution in [1.29, 1.82) is 0 Å². The van der Waals surface area contributed by atoms with Gasteiger partial charge in [-0.3, -0.25) is 9.98 Å². The highest BCUT2D eigenvalue weighted by atomic mass is 14.8. The van der Waals surface area contributed by atoms with Crippen LogP contribution in [0.2, 0.25) is 0 Å². The van der Waals surface area contributed by atoms with Crippen LogP contribution >= 0.6 is 0 Å². The maximum absolute atomic E-state index is 4.85. The summed E-state index contributed by atoms with van der Waals surface area (Å²) < 4.78 is 0. The number of hydrogen-bond acceptors (Lipinski definition) is 2. The first kappa shape index (κ1) is 19.1. The highest BCUT2D eigenvalue weighted by Gasteiger charge is 2.12. The van der Waals surface area contributed by atoms with Crippen molar-refractivity contribution in [3.8, 4) is 0 Å². The lowest BCUT2D eigenvalue weighted by atomic mass is 9.93. The molecule has 2 nitrogen and oxygen atoms in total. The molecule has 0 amide bonds. The van der Waals surface area contributed by atoms with Crippen LogP contribution in [0, 0.1) is 13.8 Å². The molecule has 2 rings (SSSR count). The third-order valence-corrected chi connectivity index (χ3v) is 4.45. The molecule has 0 atom stereocenters. The van der Waals surface area contributed by atoms with Crippen LogP contribution < -0.4 is 0 Å². The minimum Gasteiger partial charge on any atom is -0.254 e. The Kier molecular flexibility index (Phi) is 6.30. The van der Waals surface area contributed by atoms with Crippen molar-refractivity contribution in [3.05, 3.63) is 58.7 Å². The maximum atomic E-state index is 4.85. The molecule has 0 spiro atoms. The second-order valence-corrected chi connectivity index (χ2v) is 7.35. The molecule has 0 radical (unpaired) electrons. The predicted octanol–water partition coefficient (Wildman–Crippen LogP) is 7.05. The second-order valence-electron chi connectivity index (χ2n) is 7.35. The molecule has 0 saturated carbocycles. The van der Waals surface area contributed by atoms with E-state index in [1.807, 2.05) is 13.1 Å². The zero-order valence-corrected chi connectivity index (χ0v) is 16.6. The smallest absolute Gasteiger partial charge is 0.0699 e. The molecular formula is C23H30N2. The van der Waals surface area contributed by atoms with Crippen molar-refractivity contribution < 1.29 is 0 Å². The normalized spacial score (nSPS) is 12.6. The van der Waals surface area contributed by atoms with E-state index >= 15 is 0 Å². The van der Waals surface area contributed by atoms with Gasteiger partial charge in [-0.05, 0) is 54.9 Å². The average molecular weight is 335 g/mol. The van der Waals surface area contributed by atoms with E-state index in [9.17, 15) is 0 Å². The van der Waals surface area contributed by atoms with Gasteiger partial charge < -0.3 is 0 Å². The molecule has 2 aromatic carbocycles. The van der Waals surface area contributed by atoms with E-state index in [0.29, 0.717) is 11.8 Å². The molecule has 2 aromatic rings. The van der Waals surface area contributed by atoms with Crippen LogP contribution in [-0.4, -0.2) is 11.9 Å². The number of hydrogen-bond donors (Lipinski definition) is 0. The molecule has 0 aliphatic carbocycles. The second kappa shape index (κ2) is 8.24. The molecule has 0 aliphatic heterocycles. The third kappa shape index (κ3) is 4.66. The minimum atomic E-state index is 0.446. The van der Waals surface area contributed by atoms with Crippen LogP contribution in [0.25, 0.3) is 0 Å². The zero-order valence-electron chi connectivity index (χ0n) is 16.6. The van der Waals surface area contributed by atoms with Gasteiger partial charge in [0.25, 0.3) is 0 Å². The predicted molar refractivity (Wildman–Crippen MR) is 111 cm³/mol. The highest BCUT2D eigenvalue weighted by Crippen LogP contribution is 2.34. The fourth-order valence-corrected chi connectivity index (χ4v) is 3.01. The maximum Gasteiger partial charge on any atom is 0.0699 e. The van der Waals surface area contributed by atoms with Crippen LogP contribution in [-0.2, 0) is 0 Å². The molecule has 0 aromatic heterocycles. The fraction of sp³-hybridized carbons (Fsp3) is 0.391. The van der Waals surface area contributed by atoms with Crippen LogP contribution in [0.4, 0.5) is 11.4 Å². The molecular weight excluding hydrogens is 304 g/mol. The average Bonchev–Trinajstić information content (AvgIpc) is 2.55. The van der Waals surface area contributed by atoms with Crippen molar-refractivity contribution in [1.82, 2.24) is 0 Å². The molecule has 132 valence electrons. The zero-order chi connectivity index (χ0) is 18.6. The van der Waals surface area contributed by atoms with E-state index in [0.717, 1.165) is 17.1 Å². The van der Waals surface area contributed by atoms with Crippen molar-refractivity contribution in [3.63, 3.8) is 0 Å². The van der Waals surface area contributed by atoms with Crippen molar-refractivity contribution >= 4 is 23.3 Å². The van der Waals surface area contributed by atoms with Crippen molar-refractivity contribution in [2.75, 3.05) is 0 Å². The first-order valence-electron chi connectivity index (χ1n) is 9.09. The van der Waals surface area contributed by atoms with Gasteiger partial charge in [0, 0.05) is 6.21 Å². The molecule has 0 aliphatic rings. The summed E-state index contributed by atoms with van der Waals surface area (Å²) in [7, 11) is 0. The Morgan fingerprint density at radius 2 is 1.28 bits per heavy atom. The Morgan fingerprint density at radius 1 is 0.800 bits per heavy atom. The minimum absolute atomic E-state index is 0.446. The van der Waals surface area contributed by atoms with E-state index in [2.05, 4.69) is 77.9 Å². The Hall–Kier alpha value is -2.22. The summed E-state index contributed by atoms with van der Waals surface area (Å²) in [4.78, 5) is 9.64. The summed E-state index contributed by atoms with van der Waals surface area (Å²) in [6.07, 6.45) is 1.90. The van der Waals surface area contributed by atoms with Gasteiger partial charge >= 0.3 is 0 Å². The Balaban J connectivity index is 2.43. The summed E-state index contributed by atoms with van der Waals surface area (Å²) >= 11 is 0. The van der Waals surface area contributed by atoms with E-state index in [-0.39, 0.29) is 0 Å². The molecule has 0 unspecified atom stereocenters. The lowest BCUT2D eigenvalue weighted by Crippen LogP contribution is -1.98. The molecule has 0 fully saturated rings. The standard InChI is InChI=1S/C23H30N2/c1-15(2)20-12-9-13-21(16(3)4)23(20)24-14-19(7)25-22-17(5)10-8-11-18(22)6/h8-16H,1-7H3. The van der Waals surface area contributed by atoms with E-state index in [1.54, 1.807) is 0 Å². The summed E-state index contributed by atoms with van der Waals surface area (Å²) in [6, 6.07) is 12.8. The van der Waals surface area contributed by atoms with Gasteiger partial charge in [0.15, 0.2) is 0 Å². The number of para-hydroxylation sites is 2. The number of benzene rings is 2. The number of aliphatic imine (C=N–C) groups is 2. The first-order valence-corrected chi connectivity index (χ1v) is 9.09. The van der Waals surface area contributed by atoms with E-state index in [1.165, 1.54) is 22.3 Å². The van der Waals surface area contributed by atoms with Gasteiger partial charge in [-0.1, -0.05) is 64.1 Å². The van der Waals surface area contributed by atoms with Crippen molar-refractivity contribution in [2.45, 2.75) is 60.3 Å². The number of aryl methyl sites for hydroxylation is 2. The SMILES string of the molecule is CC(C=Nc1c(C(C)C)cccc1C(C)C)=Nc1c(C)cccc1C. The largest absolute Gasteiger partial charge is 0.254 e. The monoisotopic (exact) mass is 334 g/mol. The van der Waals surface area contributed by atoms with Crippen LogP contribution in [0.3, 0.4) is 0 Å². The Labute approximate surface area is 152 Å². The number of nitrogens with zero attached hydrogens (tertiary/aromatic N) is 2. The van der Waals surface area contributed by atoms with Gasteiger partial charge in [-0.2, -0.15) is 0 Å². The van der Waals surface area contributed by atoms with E-state index in [4.69, 9.17) is 9.98 Å². The summed E-state index contributed by atoms with van der Waals surface area (Å²) in [5, 5.41) is 0.